The molecule has 0 aliphatic rings. The zero-order valence-corrected chi connectivity index (χ0v) is 10.2. The summed E-state index contributed by atoms with van der Waals surface area (Å²) in [6.07, 6.45) is 5.85. The van der Waals surface area contributed by atoms with Crippen molar-refractivity contribution in [1.82, 2.24) is 9.38 Å². The molecular weight excluding hydrogens is 295 g/mol. The average molecular weight is 302 g/mol. The predicted molar refractivity (Wildman–Crippen MR) is 64.6 cm³/mol. The number of aromatic nitrogens is 2. The van der Waals surface area contributed by atoms with Crippen LogP contribution in [0.2, 0.25) is 5.02 Å². The Labute approximate surface area is 104 Å². The summed E-state index contributed by atoms with van der Waals surface area (Å²) < 4.78 is 2.51. The molecule has 0 saturated heterocycles. The summed E-state index contributed by atoms with van der Waals surface area (Å²) >= 11 is 9.29. The van der Waals surface area contributed by atoms with E-state index >= 15 is 0 Å². The molecule has 0 radical (unpaired) electrons. The zero-order valence-electron chi connectivity index (χ0n) is 7.89. The van der Waals surface area contributed by atoms with Crippen LogP contribution < -0.4 is 0 Å². The van der Waals surface area contributed by atoms with Crippen LogP contribution in [0.5, 0.6) is 0 Å². The van der Waals surface area contributed by atoms with E-state index in [1.165, 1.54) is 6.08 Å². The number of carboxylic acids is 1. The summed E-state index contributed by atoms with van der Waals surface area (Å²) in [7, 11) is 0. The van der Waals surface area contributed by atoms with Gasteiger partial charge in [-0.1, -0.05) is 11.6 Å². The monoisotopic (exact) mass is 300 g/mol. The number of rotatable bonds is 2. The summed E-state index contributed by atoms with van der Waals surface area (Å²) in [4.78, 5) is 14.5. The molecule has 0 spiro atoms. The van der Waals surface area contributed by atoms with E-state index in [0.717, 1.165) is 10.5 Å². The lowest BCUT2D eigenvalue weighted by Gasteiger charge is -1.99. The Morgan fingerprint density at radius 3 is 3.06 bits per heavy atom. The van der Waals surface area contributed by atoms with Gasteiger partial charge in [-0.05, 0) is 28.1 Å². The van der Waals surface area contributed by atoms with Gasteiger partial charge >= 0.3 is 5.97 Å². The lowest BCUT2D eigenvalue weighted by atomic mass is 10.4. The van der Waals surface area contributed by atoms with Crippen LogP contribution in [0.3, 0.4) is 0 Å². The number of halogens is 2. The van der Waals surface area contributed by atoms with Crippen LogP contribution in [0.15, 0.2) is 29.0 Å². The van der Waals surface area contributed by atoms with Gasteiger partial charge in [-0.25, -0.2) is 9.78 Å². The maximum absolute atomic E-state index is 10.4. The largest absolute Gasteiger partial charge is 0.478 e. The summed E-state index contributed by atoms with van der Waals surface area (Å²) in [5.41, 5.74) is 1.25. The SMILES string of the molecule is O=C(O)/C=C/c1cnc2c(Cl)cc(Br)cn12. The van der Waals surface area contributed by atoms with Crippen molar-refractivity contribution in [2.75, 3.05) is 0 Å². The molecule has 0 unspecified atom stereocenters. The first-order valence-corrected chi connectivity index (χ1v) is 5.48. The van der Waals surface area contributed by atoms with E-state index in [2.05, 4.69) is 20.9 Å². The van der Waals surface area contributed by atoms with Crippen LogP contribution in [0, 0.1) is 0 Å². The number of carbonyl (C=O) groups is 1. The van der Waals surface area contributed by atoms with Crippen molar-refractivity contribution >= 4 is 45.2 Å². The molecular formula is C10H6BrClN2O2. The highest BCUT2D eigenvalue weighted by Crippen LogP contribution is 2.23. The molecule has 2 heterocycles. The summed E-state index contributed by atoms with van der Waals surface area (Å²) in [6, 6.07) is 1.73. The minimum Gasteiger partial charge on any atom is -0.478 e. The number of hydrogen-bond donors (Lipinski definition) is 1. The number of aliphatic carboxylic acids is 1. The van der Waals surface area contributed by atoms with Gasteiger partial charge in [0.25, 0.3) is 0 Å². The van der Waals surface area contributed by atoms with E-state index in [9.17, 15) is 4.79 Å². The second kappa shape index (κ2) is 4.27. The van der Waals surface area contributed by atoms with Gasteiger partial charge in [0.05, 0.1) is 16.9 Å². The third-order valence-corrected chi connectivity index (χ3v) is 2.66. The molecule has 4 nitrogen and oxygen atoms in total. The van der Waals surface area contributed by atoms with Crippen molar-refractivity contribution in [2.45, 2.75) is 0 Å². The summed E-state index contributed by atoms with van der Waals surface area (Å²) in [6.45, 7) is 0. The van der Waals surface area contributed by atoms with Crippen LogP contribution in [0.25, 0.3) is 11.7 Å². The number of nitrogens with zero attached hydrogens (tertiary/aromatic N) is 2. The van der Waals surface area contributed by atoms with Gasteiger partial charge < -0.3 is 5.11 Å². The number of hydrogen-bond acceptors (Lipinski definition) is 2. The molecule has 0 aliphatic heterocycles. The quantitative estimate of drug-likeness (QED) is 0.868. The maximum Gasteiger partial charge on any atom is 0.328 e. The molecule has 0 bridgehead atoms. The highest BCUT2D eigenvalue weighted by Gasteiger charge is 2.05. The van der Waals surface area contributed by atoms with Gasteiger partial charge in [-0.2, -0.15) is 0 Å². The molecule has 2 aromatic heterocycles. The van der Waals surface area contributed by atoms with Crippen molar-refractivity contribution in [3.8, 4) is 0 Å². The second-order valence-electron chi connectivity index (χ2n) is 3.05. The Kier molecular flexibility index (Phi) is 2.98. The molecule has 0 saturated carbocycles. The highest BCUT2D eigenvalue weighted by atomic mass is 79.9. The first-order chi connectivity index (χ1) is 7.58. The van der Waals surface area contributed by atoms with Gasteiger partial charge in [0.15, 0.2) is 5.65 Å². The van der Waals surface area contributed by atoms with Crippen molar-refractivity contribution in [3.05, 3.63) is 39.7 Å². The molecule has 2 rings (SSSR count). The van der Waals surface area contributed by atoms with E-state index in [1.54, 1.807) is 22.9 Å². The van der Waals surface area contributed by atoms with Crippen LogP contribution in [-0.2, 0) is 4.79 Å². The highest BCUT2D eigenvalue weighted by molar-refractivity contribution is 9.10. The average Bonchev–Trinajstić information content (AvgIpc) is 2.58. The van der Waals surface area contributed by atoms with Gasteiger partial charge in [0.2, 0.25) is 0 Å². The van der Waals surface area contributed by atoms with E-state index in [-0.39, 0.29) is 0 Å². The topological polar surface area (TPSA) is 54.6 Å². The van der Waals surface area contributed by atoms with E-state index < -0.39 is 5.97 Å². The lowest BCUT2D eigenvalue weighted by molar-refractivity contribution is -0.131. The molecule has 0 fully saturated rings. The Morgan fingerprint density at radius 2 is 2.38 bits per heavy atom. The Bertz CT molecular complexity index is 592. The minimum absolute atomic E-state index is 0.504. The van der Waals surface area contributed by atoms with E-state index in [0.29, 0.717) is 16.4 Å². The fraction of sp³-hybridized carbons (Fsp3) is 0. The van der Waals surface area contributed by atoms with E-state index in [1.807, 2.05) is 0 Å². The molecule has 6 heteroatoms. The van der Waals surface area contributed by atoms with Crippen LogP contribution in [-0.4, -0.2) is 20.5 Å². The lowest BCUT2D eigenvalue weighted by Crippen LogP contribution is -1.90. The van der Waals surface area contributed by atoms with Gasteiger partial charge in [-0.3, -0.25) is 4.40 Å². The molecule has 0 atom stereocenters. The first kappa shape index (κ1) is 11.2. The van der Waals surface area contributed by atoms with Crippen LogP contribution in [0.4, 0.5) is 0 Å². The third-order valence-electron chi connectivity index (χ3n) is 1.95. The number of imidazole rings is 1. The standard InChI is InChI=1S/C10H6BrClN2O2/c11-6-3-8(12)10-13-4-7(14(10)5-6)1-2-9(15)16/h1-5H,(H,15,16)/b2-1+. The van der Waals surface area contributed by atoms with Crippen molar-refractivity contribution < 1.29 is 9.90 Å². The molecule has 1 N–H and O–H groups in total. The molecule has 0 aromatic carbocycles. The van der Waals surface area contributed by atoms with Crippen LogP contribution >= 0.6 is 27.5 Å². The number of carboxylic acid groups (broad SMARTS) is 1. The Morgan fingerprint density at radius 1 is 1.62 bits per heavy atom. The molecule has 0 amide bonds. The maximum atomic E-state index is 10.4. The third kappa shape index (κ3) is 2.10. The second-order valence-corrected chi connectivity index (χ2v) is 4.38. The normalized spacial score (nSPS) is 11.4. The number of pyridine rings is 1. The van der Waals surface area contributed by atoms with Gasteiger partial charge in [-0.15, -0.1) is 0 Å². The fourth-order valence-corrected chi connectivity index (χ4v) is 2.14. The minimum atomic E-state index is -1.00. The zero-order chi connectivity index (χ0) is 11.7. The smallest absolute Gasteiger partial charge is 0.328 e. The first-order valence-electron chi connectivity index (χ1n) is 4.31. The van der Waals surface area contributed by atoms with Gasteiger partial charge in [0, 0.05) is 16.7 Å². The fourth-order valence-electron chi connectivity index (χ4n) is 1.31. The Hall–Kier alpha value is -1.33. The molecule has 0 aliphatic carbocycles. The van der Waals surface area contributed by atoms with E-state index in [4.69, 9.17) is 16.7 Å². The molecule has 82 valence electrons. The molecule has 16 heavy (non-hydrogen) atoms. The van der Waals surface area contributed by atoms with Crippen molar-refractivity contribution in [3.63, 3.8) is 0 Å². The molecule has 2 aromatic rings. The Balaban J connectivity index is 2.60. The van der Waals surface area contributed by atoms with Gasteiger partial charge in [0.1, 0.15) is 0 Å². The predicted octanol–water partition coefficient (Wildman–Crippen LogP) is 2.85. The summed E-state index contributed by atoms with van der Waals surface area (Å²) in [5.74, 6) is -1.00. The number of fused-ring (bicyclic) bond motifs is 1. The van der Waals surface area contributed by atoms with Crippen molar-refractivity contribution in [2.24, 2.45) is 0 Å². The van der Waals surface area contributed by atoms with Crippen LogP contribution in [0.1, 0.15) is 5.69 Å². The summed E-state index contributed by atoms with van der Waals surface area (Å²) in [5, 5.41) is 9.05. The van der Waals surface area contributed by atoms with Crippen molar-refractivity contribution in [1.29, 1.82) is 0 Å².